The Hall–Kier alpha value is -5.94. The van der Waals surface area contributed by atoms with Crippen LogP contribution in [0.2, 0.25) is 5.02 Å². The first-order valence-corrected chi connectivity index (χ1v) is 17.2. The Bertz CT molecular complexity index is 2570. The van der Waals surface area contributed by atoms with E-state index in [4.69, 9.17) is 11.6 Å². The van der Waals surface area contributed by atoms with Crippen molar-refractivity contribution in [2.45, 2.75) is 25.8 Å². The van der Waals surface area contributed by atoms with Gasteiger partial charge in [-0.15, -0.1) is 0 Å². The van der Waals surface area contributed by atoms with Gasteiger partial charge in [0.2, 0.25) is 5.91 Å². The van der Waals surface area contributed by atoms with Gasteiger partial charge in [-0.2, -0.15) is 10.2 Å². The number of nitrogens with one attached hydrogen (secondary N) is 1. The van der Waals surface area contributed by atoms with Crippen molar-refractivity contribution in [1.29, 1.82) is 0 Å². The van der Waals surface area contributed by atoms with Gasteiger partial charge >= 0.3 is 0 Å². The molecule has 1 fully saturated rings. The Morgan fingerprint density at radius 1 is 0.706 bits per heavy atom. The second-order valence-corrected chi connectivity index (χ2v) is 13.3. The predicted octanol–water partition coefficient (Wildman–Crippen LogP) is 7.44. The van der Waals surface area contributed by atoms with E-state index in [0.717, 1.165) is 97.7 Å². The fourth-order valence-electron chi connectivity index (χ4n) is 6.84. The summed E-state index contributed by atoms with van der Waals surface area (Å²) in [6.07, 6.45) is 12.4. The van der Waals surface area contributed by atoms with Gasteiger partial charge in [0.25, 0.3) is 0 Å². The van der Waals surface area contributed by atoms with Crippen LogP contribution in [0.15, 0.2) is 97.8 Å². The number of piperidine rings is 1. The lowest BCUT2D eigenvalue weighted by Gasteiger charge is -2.32. The van der Waals surface area contributed by atoms with Crippen LogP contribution < -0.4 is 5.32 Å². The van der Waals surface area contributed by atoms with Crippen molar-refractivity contribution in [2.24, 2.45) is 14.1 Å². The average Bonchev–Trinajstić information content (AvgIpc) is 3.72. The zero-order valence-electron chi connectivity index (χ0n) is 28.5. The Balaban J connectivity index is 0.000000156. The first-order valence-electron chi connectivity index (χ1n) is 16.8. The van der Waals surface area contributed by atoms with Crippen LogP contribution in [0, 0.1) is 0 Å². The number of fused-ring (bicyclic) bond motifs is 4. The molecule has 9 rings (SSSR count). The Morgan fingerprint density at radius 3 is 1.80 bits per heavy atom. The molecule has 0 spiro atoms. The fourth-order valence-corrected chi connectivity index (χ4v) is 7.05. The summed E-state index contributed by atoms with van der Waals surface area (Å²) in [4.78, 5) is 31.4. The summed E-state index contributed by atoms with van der Waals surface area (Å²) in [6.45, 7) is 3.23. The first-order chi connectivity index (χ1) is 24.8. The highest BCUT2D eigenvalue weighted by molar-refractivity contribution is 6.31. The molecule has 1 aliphatic heterocycles. The molecule has 51 heavy (non-hydrogen) atoms. The molecule has 5 heterocycles. The smallest absolute Gasteiger partial charge is 0.219 e. The van der Waals surface area contributed by atoms with E-state index in [2.05, 4.69) is 84.0 Å². The molecule has 4 aromatic heterocycles. The van der Waals surface area contributed by atoms with Crippen molar-refractivity contribution >= 4 is 67.1 Å². The molecule has 11 nitrogen and oxygen atoms in total. The molecule has 0 aliphatic carbocycles. The van der Waals surface area contributed by atoms with Crippen LogP contribution in [-0.4, -0.2) is 69.4 Å². The number of rotatable bonds is 4. The number of hydrogen-bond acceptors (Lipinski definition) is 8. The molecule has 254 valence electrons. The second kappa shape index (κ2) is 13.4. The zero-order chi connectivity index (χ0) is 35.1. The van der Waals surface area contributed by atoms with Gasteiger partial charge in [0.1, 0.15) is 0 Å². The molecule has 1 N–H and O–H groups in total. The molecule has 0 radical (unpaired) electrons. The van der Waals surface area contributed by atoms with E-state index in [1.165, 1.54) is 0 Å². The number of likely N-dealkylation sites (tertiary alicyclic amines) is 1. The summed E-state index contributed by atoms with van der Waals surface area (Å²) < 4.78 is 3.74. The van der Waals surface area contributed by atoms with Crippen molar-refractivity contribution < 1.29 is 4.79 Å². The Kier molecular flexibility index (Phi) is 8.48. The van der Waals surface area contributed by atoms with Gasteiger partial charge in [-0.05, 0) is 60.4 Å². The molecular weight excluding hydrogens is 660 g/mol. The van der Waals surface area contributed by atoms with Gasteiger partial charge in [-0.25, -0.2) is 0 Å². The lowest BCUT2D eigenvalue weighted by atomic mass is 10.00. The van der Waals surface area contributed by atoms with Crippen LogP contribution in [-0.2, 0) is 18.9 Å². The van der Waals surface area contributed by atoms with Gasteiger partial charge < -0.3 is 10.2 Å². The maximum atomic E-state index is 11.6. The fraction of sp³-hybridized carbons (Fsp3) is 0.205. The van der Waals surface area contributed by atoms with Crippen LogP contribution >= 0.6 is 11.6 Å². The topological polar surface area (TPSA) is 120 Å². The summed E-state index contributed by atoms with van der Waals surface area (Å²) >= 11 is 6.22. The Morgan fingerprint density at radius 2 is 1.24 bits per heavy atom. The minimum atomic E-state index is 0.155. The van der Waals surface area contributed by atoms with Crippen molar-refractivity contribution in [3.05, 3.63) is 103 Å². The van der Waals surface area contributed by atoms with E-state index < -0.39 is 0 Å². The minimum absolute atomic E-state index is 0.155. The Labute approximate surface area is 298 Å². The second-order valence-electron chi connectivity index (χ2n) is 12.8. The summed E-state index contributed by atoms with van der Waals surface area (Å²) in [5.41, 5.74) is 10.8. The molecular formula is C39H35ClN10O. The number of anilines is 1. The van der Waals surface area contributed by atoms with Gasteiger partial charge in [0.05, 0.1) is 45.5 Å². The van der Waals surface area contributed by atoms with Crippen molar-refractivity contribution in [1.82, 2.24) is 44.4 Å². The lowest BCUT2D eigenvalue weighted by Crippen LogP contribution is -2.41. The van der Waals surface area contributed by atoms with Crippen molar-refractivity contribution in [3.63, 3.8) is 0 Å². The number of amides is 1. The van der Waals surface area contributed by atoms with Crippen molar-refractivity contribution in [3.8, 4) is 22.3 Å². The molecule has 1 aliphatic rings. The molecule has 0 bridgehead atoms. The van der Waals surface area contributed by atoms with Gasteiger partial charge in [0, 0.05) is 97.5 Å². The number of hydrogen-bond donors (Lipinski definition) is 1. The summed E-state index contributed by atoms with van der Waals surface area (Å²) in [7, 11) is 3.89. The number of benzene rings is 4. The highest BCUT2D eigenvalue weighted by Crippen LogP contribution is 2.34. The monoisotopic (exact) mass is 694 g/mol. The largest absolute Gasteiger partial charge is 0.382 e. The number of aromatic nitrogens is 8. The molecule has 1 amide bonds. The first kappa shape index (κ1) is 32.3. The maximum Gasteiger partial charge on any atom is 0.219 e. The van der Waals surface area contributed by atoms with E-state index in [9.17, 15) is 4.79 Å². The van der Waals surface area contributed by atoms with E-state index in [-0.39, 0.29) is 5.91 Å². The van der Waals surface area contributed by atoms with Gasteiger partial charge in [-0.3, -0.25) is 34.1 Å². The van der Waals surface area contributed by atoms with E-state index in [1.807, 2.05) is 52.9 Å². The number of carbonyl (C=O) groups is 1. The maximum absolute atomic E-state index is 11.6. The normalized spacial score (nSPS) is 13.5. The highest BCUT2D eigenvalue weighted by Gasteiger charge is 2.21. The molecule has 8 aromatic rings. The molecule has 1 saturated heterocycles. The quantitative estimate of drug-likeness (QED) is 0.202. The van der Waals surface area contributed by atoms with E-state index in [1.54, 1.807) is 31.7 Å². The van der Waals surface area contributed by atoms with E-state index >= 15 is 0 Å². The third kappa shape index (κ3) is 6.43. The van der Waals surface area contributed by atoms with Crippen LogP contribution in [0.3, 0.4) is 0 Å². The third-order valence-corrected chi connectivity index (χ3v) is 9.76. The number of nitrogens with zero attached hydrogens (tertiary/aromatic N) is 9. The predicted molar refractivity (Wildman–Crippen MR) is 202 cm³/mol. The summed E-state index contributed by atoms with van der Waals surface area (Å²) in [6, 6.07) is 20.9. The molecule has 0 unspecified atom stereocenters. The van der Waals surface area contributed by atoms with Crippen LogP contribution in [0.1, 0.15) is 19.8 Å². The average molecular weight is 695 g/mol. The summed E-state index contributed by atoms with van der Waals surface area (Å²) in [5, 5.41) is 15.2. The molecule has 0 saturated carbocycles. The van der Waals surface area contributed by atoms with Crippen LogP contribution in [0.4, 0.5) is 5.69 Å². The highest BCUT2D eigenvalue weighted by atomic mass is 35.5. The van der Waals surface area contributed by atoms with Crippen LogP contribution in [0.25, 0.3) is 66.1 Å². The van der Waals surface area contributed by atoms with Gasteiger partial charge in [0.15, 0.2) is 0 Å². The zero-order valence-corrected chi connectivity index (χ0v) is 29.2. The molecule has 12 heteroatoms. The van der Waals surface area contributed by atoms with Gasteiger partial charge in [-0.1, -0.05) is 35.9 Å². The van der Waals surface area contributed by atoms with E-state index in [0.29, 0.717) is 11.1 Å². The number of aryl methyl sites for hydroxylation is 2. The SMILES string of the molecule is CC(=O)N1CCC(Nc2cc(-c3ccc4cnn(C)c4c3)c3nccnc3c2)CC1.Cn1ncc2ccc(-c3cc(Cl)cc4nccnc34)cc21. The minimum Gasteiger partial charge on any atom is -0.382 e. The third-order valence-electron chi connectivity index (χ3n) is 9.54. The van der Waals surface area contributed by atoms with Crippen LogP contribution in [0.5, 0.6) is 0 Å². The lowest BCUT2D eigenvalue weighted by molar-refractivity contribution is -0.129. The van der Waals surface area contributed by atoms with Crippen molar-refractivity contribution in [2.75, 3.05) is 18.4 Å². The number of halogens is 1. The number of carbonyl (C=O) groups excluding carboxylic acids is 1. The molecule has 0 atom stereocenters. The molecule has 4 aromatic carbocycles. The standard InChI is InChI=1S/C23H24N6O.C16H11ClN4/c1-15(30)29-9-5-18(6-10-29)27-19-12-20(23-21(13-19)24-7-8-25-23)16-3-4-17-14-26-28(2)22(17)11-16;1-21-15-6-10(2-3-11(15)9-20-21)13-7-12(17)8-14-16(13)19-5-4-18-14/h3-4,7-8,11-14,18,27H,5-6,9-10H2,1-2H3;2-9H,1H3. The summed E-state index contributed by atoms with van der Waals surface area (Å²) in [5.74, 6) is 0.155.